The van der Waals surface area contributed by atoms with E-state index in [2.05, 4.69) is 10.3 Å². The van der Waals surface area contributed by atoms with Crippen LogP contribution in [0.15, 0.2) is 29.3 Å². The van der Waals surface area contributed by atoms with Crippen LogP contribution in [0.5, 0.6) is 5.75 Å². The van der Waals surface area contributed by atoms with Gasteiger partial charge in [0.15, 0.2) is 20.2 Å². The molecule has 2 aromatic rings. The standard InChI is InChI=1S/C26H35F3N4O5S/c1-24(2,3)21-14-22(33(32(21)4)15-18-7-6-12-37-18)31-23(34)19-13-17(26(27,28)29)8-9-20(19)38-16-25(10-11-30-25)39(5,35)36/h8-9,13-14,18,30H,6-7,10-12,15-16H2,1-5H3/t18-,25+/m1/s1. The number of hydrogen-bond acceptors (Lipinski definition) is 6. The van der Waals surface area contributed by atoms with E-state index in [-0.39, 0.29) is 35.8 Å². The molecule has 2 aliphatic heterocycles. The Labute approximate surface area is 225 Å². The summed E-state index contributed by atoms with van der Waals surface area (Å²) in [5.74, 6) is -1.11. The lowest BCUT2D eigenvalue weighted by atomic mass is 9.92. The smallest absolute Gasteiger partial charge is 0.416 e. The molecule has 0 spiro atoms. The third kappa shape index (κ3) is 6.09. The number of nitrogens with one attached hydrogen (secondary N) is 1. The lowest BCUT2D eigenvalue weighted by molar-refractivity contribution is -0.137. The number of benzene rings is 1. The van der Waals surface area contributed by atoms with E-state index in [1.165, 1.54) is 0 Å². The van der Waals surface area contributed by atoms with Crippen molar-refractivity contribution in [3.8, 4) is 5.75 Å². The number of aromatic nitrogens is 2. The van der Waals surface area contributed by atoms with Gasteiger partial charge in [0, 0.05) is 37.1 Å². The molecule has 216 valence electrons. The number of nitrogens with zero attached hydrogens (tertiary/aromatic N) is 3. The minimum Gasteiger partial charge on any atom is -0.490 e. The van der Waals surface area contributed by atoms with Crippen LogP contribution in [0.4, 0.5) is 13.2 Å². The molecule has 1 amide bonds. The Bertz CT molecular complexity index is 1410. The average molecular weight is 573 g/mol. The van der Waals surface area contributed by atoms with Crippen LogP contribution in [-0.4, -0.2) is 60.7 Å². The van der Waals surface area contributed by atoms with Gasteiger partial charge in [-0.15, -0.1) is 0 Å². The Morgan fingerprint density at radius 1 is 1.26 bits per heavy atom. The van der Waals surface area contributed by atoms with Gasteiger partial charge in [-0.05, 0) is 44.0 Å². The molecule has 0 bridgehead atoms. The molecule has 2 aliphatic rings. The molecule has 39 heavy (non-hydrogen) atoms. The predicted molar refractivity (Wildman–Crippen MR) is 138 cm³/mol. The van der Waals surface area contributed by atoms with Gasteiger partial charge in [-0.1, -0.05) is 20.8 Å². The van der Waals surface area contributed by atoms with Gasteiger partial charge in [0.1, 0.15) is 12.4 Å². The van der Waals surface area contributed by atoms with E-state index in [4.69, 9.17) is 9.47 Å². The first-order valence-electron chi connectivity index (χ1n) is 12.8. The topological polar surface area (TPSA) is 104 Å². The van der Waals surface area contributed by atoms with Crippen molar-refractivity contribution in [2.45, 2.75) is 69.1 Å². The first kappa shape index (κ1) is 29.3. The van der Waals surface area contributed by atoms with Gasteiger partial charge in [0.25, 0.3) is 5.91 Å². The fourth-order valence-electron chi connectivity index (χ4n) is 4.87. The summed E-state index contributed by atoms with van der Waals surface area (Å²) in [6, 6.07) is 4.27. The summed E-state index contributed by atoms with van der Waals surface area (Å²) in [5.41, 5.74) is -0.594. The summed E-state index contributed by atoms with van der Waals surface area (Å²) in [6.45, 7) is 7.18. The minimum atomic E-state index is -4.71. The number of carbonyl (C=O) groups excluding carboxylic acids is 1. The second-order valence-electron chi connectivity index (χ2n) is 11.2. The number of halogens is 3. The first-order valence-corrected chi connectivity index (χ1v) is 14.7. The summed E-state index contributed by atoms with van der Waals surface area (Å²) in [5, 5.41) is 2.84. The molecule has 2 atom stereocenters. The van der Waals surface area contributed by atoms with Crippen molar-refractivity contribution in [2.24, 2.45) is 12.0 Å². The maximum absolute atomic E-state index is 13.6. The summed E-state index contributed by atoms with van der Waals surface area (Å²) < 4.78 is 80.5. The van der Waals surface area contributed by atoms with Crippen molar-refractivity contribution in [3.05, 3.63) is 46.6 Å². The second kappa shape index (κ2) is 10.4. The normalized spacial score (nSPS) is 22.7. The van der Waals surface area contributed by atoms with Crippen LogP contribution in [0.2, 0.25) is 0 Å². The van der Waals surface area contributed by atoms with Crippen LogP contribution in [0.1, 0.15) is 61.6 Å². The molecule has 0 unspecified atom stereocenters. The molecule has 0 radical (unpaired) electrons. The van der Waals surface area contributed by atoms with Crippen molar-refractivity contribution in [1.29, 1.82) is 0 Å². The van der Waals surface area contributed by atoms with Crippen molar-refractivity contribution < 1.29 is 35.9 Å². The van der Waals surface area contributed by atoms with Crippen molar-refractivity contribution in [1.82, 2.24) is 14.7 Å². The maximum atomic E-state index is 13.6. The molecule has 9 nitrogen and oxygen atoms in total. The van der Waals surface area contributed by atoms with Gasteiger partial charge in [0.05, 0.1) is 23.8 Å². The van der Waals surface area contributed by atoms with E-state index < -0.39 is 37.9 Å². The molecule has 2 fully saturated rings. The zero-order valence-corrected chi connectivity index (χ0v) is 23.6. The number of rotatable bonds is 7. The highest BCUT2D eigenvalue weighted by atomic mass is 32.2. The highest BCUT2D eigenvalue weighted by Crippen LogP contribution is 2.34. The third-order valence-corrected chi connectivity index (χ3v) is 9.20. The summed E-state index contributed by atoms with van der Waals surface area (Å²) >= 11 is 0. The van der Waals surface area contributed by atoms with E-state index in [0.717, 1.165) is 36.9 Å². The monoisotopic (exact) mass is 572 g/mol. The van der Waals surface area contributed by atoms with Crippen LogP contribution in [0, 0.1) is 0 Å². The quantitative estimate of drug-likeness (QED) is 0.547. The number of carbonyl (C=O) groups is 1. The van der Waals surface area contributed by atoms with Gasteiger partial charge in [-0.25, -0.2) is 8.42 Å². The Morgan fingerprint density at radius 3 is 2.46 bits per heavy atom. The van der Waals surface area contributed by atoms with E-state index in [1.54, 1.807) is 10.7 Å². The van der Waals surface area contributed by atoms with Crippen molar-refractivity contribution in [2.75, 3.05) is 26.0 Å². The zero-order chi connectivity index (χ0) is 28.8. The van der Waals surface area contributed by atoms with E-state index >= 15 is 0 Å². The Balaban J connectivity index is 1.77. The molecule has 1 N–H and O–H groups in total. The van der Waals surface area contributed by atoms with Crippen LogP contribution in [-0.2, 0) is 39.8 Å². The van der Waals surface area contributed by atoms with Gasteiger partial charge >= 0.3 is 6.18 Å². The Morgan fingerprint density at radius 2 is 1.95 bits per heavy atom. The van der Waals surface area contributed by atoms with E-state index in [0.29, 0.717) is 25.8 Å². The van der Waals surface area contributed by atoms with Gasteiger partial charge < -0.3 is 9.47 Å². The average Bonchev–Trinajstić information content (AvgIpc) is 3.40. The van der Waals surface area contributed by atoms with Crippen LogP contribution < -0.4 is 15.5 Å². The highest BCUT2D eigenvalue weighted by Gasteiger charge is 2.47. The maximum Gasteiger partial charge on any atom is 0.416 e. The molecule has 0 aliphatic carbocycles. The molecule has 2 saturated heterocycles. The third-order valence-electron chi connectivity index (χ3n) is 7.31. The lowest BCUT2D eigenvalue weighted by Gasteiger charge is -2.40. The Hall–Kier alpha value is -2.64. The molecular formula is C26H35F3N4O5S. The number of hydrogen-bond donors (Lipinski definition) is 1. The fourth-order valence-corrected chi connectivity index (χ4v) is 5.98. The minimum absolute atomic E-state index is 0.0740. The van der Waals surface area contributed by atoms with E-state index in [9.17, 15) is 26.4 Å². The highest BCUT2D eigenvalue weighted by molar-refractivity contribution is 7.92. The van der Waals surface area contributed by atoms with Crippen LogP contribution in [0.25, 0.3) is 0 Å². The summed E-state index contributed by atoms with van der Waals surface area (Å²) in [4.78, 5) is 16.4. The Kier molecular flexibility index (Phi) is 7.82. The fraction of sp³-hybridized carbons (Fsp3) is 0.615. The number of alkyl halides is 3. The molecule has 13 heteroatoms. The SMILES string of the molecule is Cn1c(C(C)(C)C)cc(=NC(=O)c2cc(C(F)(F)F)ccc2OC[C@@]2(S(C)(=O)=O)CCN2)n1C[C@H]1CCCO1. The van der Waals surface area contributed by atoms with Crippen LogP contribution in [0.3, 0.4) is 0 Å². The molecule has 4 rings (SSSR count). The van der Waals surface area contributed by atoms with Crippen molar-refractivity contribution >= 4 is 15.7 Å². The first-order chi connectivity index (χ1) is 18.0. The molecule has 1 aromatic carbocycles. The lowest BCUT2D eigenvalue weighted by Crippen LogP contribution is -2.65. The second-order valence-corrected chi connectivity index (χ2v) is 13.6. The zero-order valence-electron chi connectivity index (χ0n) is 22.8. The van der Waals surface area contributed by atoms with Gasteiger partial charge in [0.2, 0.25) is 0 Å². The largest absolute Gasteiger partial charge is 0.490 e. The predicted octanol–water partition coefficient (Wildman–Crippen LogP) is 3.18. The number of sulfone groups is 1. The van der Waals surface area contributed by atoms with Gasteiger partial charge in [-0.2, -0.15) is 18.2 Å². The van der Waals surface area contributed by atoms with Crippen molar-refractivity contribution in [3.63, 3.8) is 0 Å². The summed E-state index contributed by atoms with van der Waals surface area (Å²) in [7, 11) is -1.75. The molecular weight excluding hydrogens is 537 g/mol. The summed E-state index contributed by atoms with van der Waals surface area (Å²) in [6.07, 6.45) is -1.67. The number of ether oxygens (including phenoxy) is 2. The molecule has 0 saturated carbocycles. The van der Waals surface area contributed by atoms with Crippen LogP contribution >= 0.6 is 0 Å². The molecule has 1 aromatic heterocycles. The molecule has 3 heterocycles. The number of amides is 1. The van der Waals surface area contributed by atoms with E-state index in [1.807, 2.05) is 32.5 Å². The van der Waals surface area contributed by atoms with Gasteiger partial charge in [-0.3, -0.25) is 19.5 Å².